The lowest BCUT2D eigenvalue weighted by molar-refractivity contribution is -0.117. The number of carbonyl (C=O) groups excluding carboxylic acids is 1. The third kappa shape index (κ3) is 3.65. The molecule has 124 valence electrons. The zero-order valence-electron chi connectivity index (χ0n) is 12.5. The van der Waals surface area contributed by atoms with Gasteiger partial charge in [-0.05, 0) is 24.3 Å². The zero-order chi connectivity index (χ0) is 16.4. The summed E-state index contributed by atoms with van der Waals surface area (Å²) in [5, 5.41) is 0. The first-order valence-corrected chi connectivity index (χ1v) is 7.71. The van der Waals surface area contributed by atoms with Crippen LogP contribution in [0.1, 0.15) is 42.6 Å². The van der Waals surface area contributed by atoms with E-state index in [1.165, 1.54) is 25.3 Å². The number of alkyl halides is 2. The summed E-state index contributed by atoms with van der Waals surface area (Å²) in [6.07, 6.45) is 2.26. The monoisotopic (exact) mass is 325 g/mol. The van der Waals surface area contributed by atoms with Gasteiger partial charge in [0, 0.05) is 6.07 Å². The standard InChI is InChI=1S/C16H17F2NO4/c17-12(18)8-22-16-15-10(5-4-9-2-1-3-9)6-14(21)23-11(15)7-13(20)19-16/h6,9,12H,1-5,7-8H2. The first-order chi connectivity index (χ1) is 11.0. The van der Waals surface area contributed by atoms with Gasteiger partial charge in [0.2, 0.25) is 5.90 Å². The largest absolute Gasteiger partial charge is 0.471 e. The van der Waals surface area contributed by atoms with Crippen molar-refractivity contribution in [3.63, 3.8) is 0 Å². The maximum Gasteiger partial charge on any atom is 0.336 e. The van der Waals surface area contributed by atoms with Crippen LogP contribution >= 0.6 is 0 Å². The Hall–Kier alpha value is -2.05. The Morgan fingerprint density at radius 3 is 2.78 bits per heavy atom. The summed E-state index contributed by atoms with van der Waals surface area (Å²) < 4.78 is 34.8. The molecule has 1 aromatic heterocycles. The second kappa shape index (κ2) is 6.60. The summed E-state index contributed by atoms with van der Waals surface area (Å²) >= 11 is 0. The number of amides is 1. The van der Waals surface area contributed by atoms with Crippen LogP contribution in [0.5, 0.6) is 0 Å². The second-order valence-electron chi connectivity index (χ2n) is 5.91. The molecule has 3 rings (SSSR count). The molecule has 0 radical (unpaired) electrons. The number of ether oxygens (including phenoxy) is 1. The molecule has 2 aliphatic rings. The van der Waals surface area contributed by atoms with Crippen LogP contribution in [0, 0.1) is 5.92 Å². The third-order valence-electron chi connectivity index (χ3n) is 4.26. The lowest BCUT2D eigenvalue weighted by Gasteiger charge is -2.26. The van der Waals surface area contributed by atoms with Crippen LogP contribution in [0.3, 0.4) is 0 Å². The highest BCUT2D eigenvalue weighted by Crippen LogP contribution is 2.31. The Morgan fingerprint density at radius 2 is 2.13 bits per heavy atom. The van der Waals surface area contributed by atoms with E-state index < -0.39 is 24.6 Å². The molecule has 0 saturated heterocycles. The SMILES string of the molecule is O=C1Cc2oc(=O)cc(CCC3CCC3)c2C(OCC(F)F)=N1. The number of hydrogen-bond donors (Lipinski definition) is 0. The minimum absolute atomic E-state index is 0.149. The molecule has 5 nitrogen and oxygen atoms in total. The van der Waals surface area contributed by atoms with Crippen molar-refractivity contribution < 1.29 is 22.7 Å². The number of rotatable bonds is 5. The van der Waals surface area contributed by atoms with E-state index in [0.717, 1.165) is 6.42 Å². The molecule has 0 spiro atoms. The molecule has 23 heavy (non-hydrogen) atoms. The van der Waals surface area contributed by atoms with Gasteiger partial charge in [-0.25, -0.2) is 13.6 Å². The zero-order valence-corrected chi connectivity index (χ0v) is 12.5. The Labute approximate surface area is 131 Å². The maximum absolute atomic E-state index is 12.4. The first kappa shape index (κ1) is 15.8. The summed E-state index contributed by atoms with van der Waals surface area (Å²) in [6.45, 7) is -0.854. The molecular formula is C16H17F2NO4. The fraction of sp³-hybridized carbons (Fsp3) is 0.562. The Balaban J connectivity index is 1.90. The number of aliphatic imine (C=N–C) groups is 1. The van der Waals surface area contributed by atoms with Gasteiger partial charge in [-0.15, -0.1) is 0 Å². The van der Waals surface area contributed by atoms with Crippen LogP contribution in [0.2, 0.25) is 0 Å². The molecule has 2 heterocycles. The second-order valence-corrected chi connectivity index (χ2v) is 5.91. The molecule has 7 heteroatoms. The van der Waals surface area contributed by atoms with Gasteiger partial charge in [0.15, 0.2) is 6.61 Å². The molecule has 1 aliphatic carbocycles. The third-order valence-corrected chi connectivity index (χ3v) is 4.26. The van der Waals surface area contributed by atoms with Crippen LogP contribution in [-0.4, -0.2) is 24.8 Å². The van der Waals surface area contributed by atoms with Gasteiger partial charge in [-0.2, -0.15) is 4.99 Å². The molecule has 0 unspecified atom stereocenters. The highest BCUT2D eigenvalue weighted by molar-refractivity contribution is 6.06. The average Bonchev–Trinajstić information content (AvgIpc) is 2.41. The molecule has 1 saturated carbocycles. The number of fused-ring (bicyclic) bond motifs is 1. The minimum Gasteiger partial charge on any atom is -0.471 e. The van der Waals surface area contributed by atoms with Gasteiger partial charge < -0.3 is 9.15 Å². The summed E-state index contributed by atoms with van der Waals surface area (Å²) in [7, 11) is 0. The van der Waals surface area contributed by atoms with E-state index in [9.17, 15) is 18.4 Å². The highest BCUT2D eigenvalue weighted by atomic mass is 19.3. The number of halogens is 2. The van der Waals surface area contributed by atoms with Gasteiger partial charge in [0.25, 0.3) is 12.3 Å². The van der Waals surface area contributed by atoms with Crippen LogP contribution < -0.4 is 5.63 Å². The van der Waals surface area contributed by atoms with E-state index in [-0.39, 0.29) is 18.1 Å². The van der Waals surface area contributed by atoms with E-state index in [4.69, 9.17) is 9.15 Å². The minimum atomic E-state index is -2.67. The Bertz CT molecular complexity index is 692. The Kier molecular flexibility index (Phi) is 4.54. The molecule has 1 aliphatic heterocycles. The van der Waals surface area contributed by atoms with Gasteiger partial charge in [-0.1, -0.05) is 19.3 Å². The van der Waals surface area contributed by atoms with Crippen molar-refractivity contribution in [3.8, 4) is 0 Å². The fourth-order valence-electron chi connectivity index (χ4n) is 2.91. The number of hydrogen-bond acceptors (Lipinski definition) is 4. The topological polar surface area (TPSA) is 68.9 Å². The van der Waals surface area contributed by atoms with Crippen molar-refractivity contribution in [2.24, 2.45) is 10.9 Å². The van der Waals surface area contributed by atoms with Gasteiger partial charge in [0.1, 0.15) is 5.76 Å². The predicted molar refractivity (Wildman–Crippen MR) is 77.8 cm³/mol. The average molecular weight is 325 g/mol. The summed E-state index contributed by atoms with van der Waals surface area (Å²) in [5.41, 5.74) is 0.503. The van der Waals surface area contributed by atoms with E-state index in [1.54, 1.807) is 0 Å². The molecule has 0 atom stereocenters. The van der Waals surface area contributed by atoms with Crippen molar-refractivity contribution in [3.05, 3.63) is 33.4 Å². The van der Waals surface area contributed by atoms with Crippen molar-refractivity contribution in [1.29, 1.82) is 0 Å². The predicted octanol–water partition coefficient (Wildman–Crippen LogP) is 2.48. The summed E-state index contributed by atoms with van der Waals surface area (Å²) in [4.78, 5) is 27.0. The van der Waals surface area contributed by atoms with Gasteiger partial charge in [0.05, 0.1) is 12.0 Å². The summed E-state index contributed by atoms with van der Waals surface area (Å²) in [5.74, 6) is 0.0563. The summed E-state index contributed by atoms with van der Waals surface area (Å²) in [6, 6.07) is 1.34. The van der Waals surface area contributed by atoms with E-state index >= 15 is 0 Å². The normalized spacial score (nSPS) is 17.7. The van der Waals surface area contributed by atoms with Crippen molar-refractivity contribution in [1.82, 2.24) is 0 Å². The molecule has 1 amide bonds. The van der Waals surface area contributed by atoms with Gasteiger partial charge in [-0.3, -0.25) is 4.79 Å². The first-order valence-electron chi connectivity index (χ1n) is 7.71. The molecular weight excluding hydrogens is 308 g/mol. The number of carbonyl (C=O) groups is 1. The highest BCUT2D eigenvalue weighted by Gasteiger charge is 2.28. The smallest absolute Gasteiger partial charge is 0.336 e. The van der Waals surface area contributed by atoms with E-state index in [2.05, 4.69) is 4.99 Å². The quantitative estimate of drug-likeness (QED) is 0.834. The van der Waals surface area contributed by atoms with E-state index in [0.29, 0.717) is 23.5 Å². The van der Waals surface area contributed by atoms with E-state index in [1.807, 2.05) is 0 Å². The number of aryl methyl sites for hydroxylation is 1. The van der Waals surface area contributed by atoms with Crippen LogP contribution in [0.25, 0.3) is 0 Å². The molecule has 1 fully saturated rings. The van der Waals surface area contributed by atoms with Gasteiger partial charge >= 0.3 is 5.63 Å². The maximum atomic E-state index is 12.4. The van der Waals surface area contributed by atoms with Crippen LogP contribution in [0.4, 0.5) is 8.78 Å². The van der Waals surface area contributed by atoms with Crippen molar-refractivity contribution >= 4 is 11.8 Å². The molecule has 0 bridgehead atoms. The van der Waals surface area contributed by atoms with Crippen molar-refractivity contribution in [2.75, 3.05) is 6.61 Å². The molecule has 0 aromatic carbocycles. The lowest BCUT2D eigenvalue weighted by Crippen LogP contribution is -2.25. The lowest BCUT2D eigenvalue weighted by atomic mass is 9.81. The molecule has 0 N–H and O–H groups in total. The van der Waals surface area contributed by atoms with Crippen LogP contribution in [-0.2, 0) is 22.4 Å². The van der Waals surface area contributed by atoms with Crippen molar-refractivity contribution in [2.45, 2.75) is 45.0 Å². The Morgan fingerprint density at radius 1 is 1.35 bits per heavy atom. The fourth-order valence-corrected chi connectivity index (χ4v) is 2.91. The molecule has 1 aromatic rings. The van der Waals surface area contributed by atoms with Crippen LogP contribution in [0.15, 0.2) is 20.3 Å². The number of nitrogens with zero attached hydrogens (tertiary/aromatic N) is 1.